The van der Waals surface area contributed by atoms with E-state index >= 15 is 0 Å². The van der Waals surface area contributed by atoms with Gasteiger partial charge in [-0.05, 0) is 38.5 Å². The first kappa shape index (κ1) is 15.0. The molecule has 0 bridgehead atoms. The lowest BCUT2D eigenvalue weighted by molar-refractivity contribution is -0.112. The number of aromatic nitrogens is 2. The number of aromatic amines is 1. The molecule has 1 unspecified atom stereocenters. The molecule has 0 aliphatic rings. The van der Waals surface area contributed by atoms with Gasteiger partial charge in [-0.15, -0.1) is 0 Å². The van der Waals surface area contributed by atoms with Crippen molar-refractivity contribution < 1.29 is 14.3 Å². The summed E-state index contributed by atoms with van der Waals surface area (Å²) >= 11 is 0. The molecular formula is C15H19N3O3. The third-order valence-electron chi connectivity index (χ3n) is 3.01. The number of nitrogens with zero attached hydrogens (tertiary/aromatic N) is 2. The van der Waals surface area contributed by atoms with E-state index in [1.54, 1.807) is 46.3 Å². The second-order valence-corrected chi connectivity index (χ2v) is 5.85. The van der Waals surface area contributed by atoms with Gasteiger partial charge in [-0.3, -0.25) is 4.90 Å². The molecule has 112 valence electrons. The van der Waals surface area contributed by atoms with Crippen LogP contribution in [0.3, 0.4) is 0 Å². The minimum atomic E-state index is -0.701. The molecule has 0 saturated carbocycles. The first-order chi connectivity index (χ1) is 9.81. The number of H-pyrrole nitrogens is 1. The van der Waals surface area contributed by atoms with Crippen LogP contribution >= 0.6 is 0 Å². The van der Waals surface area contributed by atoms with Crippen LogP contribution in [0.1, 0.15) is 32.4 Å². The highest BCUT2D eigenvalue weighted by Gasteiger charge is 2.26. The molecule has 2 aromatic rings. The maximum Gasteiger partial charge on any atom is 0.410 e. The van der Waals surface area contributed by atoms with Crippen LogP contribution in [0.2, 0.25) is 0 Å². The molecule has 0 fully saturated rings. The van der Waals surface area contributed by atoms with Crippen LogP contribution < -0.4 is 0 Å². The molecule has 21 heavy (non-hydrogen) atoms. The number of likely N-dealkylation sites (N-methyl/N-ethyl adjacent to an activating group) is 1. The Hall–Kier alpha value is -2.37. The van der Waals surface area contributed by atoms with Gasteiger partial charge >= 0.3 is 6.09 Å². The zero-order valence-corrected chi connectivity index (χ0v) is 12.6. The highest BCUT2D eigenvalue weighted by Crippen LogP contribution is 2.22. The second kappa shape index (κ2) is 5.55. The molecule has 2 rings (SSSR count). The molecule has 1 atom stereocenters. The molecular weight excluding hydrogens is 270 g/mol. The van der Waals surface area contributed by atoms with E-state index in [9.17, 15) is 9.59 Å². The average Bonchev–Trinajstić information content (AvgIpc) is 2.84. The molecule has 6 heteroatoms. The van der Waals surface area contributed by atoms with Crippen molar-refractivity contribution in [3.05, 3.63) is 30.1 Å². The van der Waals surface area contributed by atoms with Crippen molar-refractivity contribution in [1.29, 1.82) is 0 Å². The minimum Gasteiger partial charge on any atom is -0.444 e. The van der Waals surface area contributed by atoms with Crippen molar-refractivity contribution in [2.45, 2.75) is 32.4 Å². The Bertz CT molecular complexity index is 657. The standard InChI is InChI=1S/C15H19N3O3/c1-15(2,3)21-14(20)18(4)13(8-19)10-5-6-11-12(7-10)17-9-16-11/h5-9,13H,1-4H3,(H,16,17). The zero-order chi connectivity index (χ0) is 15.6. The van der Waals surface area contributed by atoms with Gasteiger partial charge in [-0.2, -0.15) is 0 Å². The maximum absolute atomic E-state index is 12.1. The highest BCUT2D eigenvalue weighted by molar-refractivity contribution is 5.79. The van der Waals surface area contributed by atoms with E-state index in [1.165, 1.54) is 4.90 Å². The summed E-state index contributed by atoms with van der Waals surface area (Å²) in [4.78, 5) is 31.9. The Morgan fingerprint density at radius 1 is 1.43 bits per heavy atom. The number of nitrogens with one attached hydrogen (secondary N) is 1. The van der Waals surface area contributed by atoms with Gasteiger partial charge in [0.15, 0.2) is 0 Å². The van der Waals surface area contributed by atoms with Crippen molar-refractivity contribution in [3.8, 4) is 0 Å². The third kappa shape index (κ3) is 3.39. The number of hydrogen-bond donors (Lipinski definition) is 1. The zero-order valence-electron chi connectivity index (χ0n) is 12.6. The summed E-state index contributed by atoms with van der Waals surface area (Å²) in [7, 11) is 1.55. The summed E-state index contributed by atoms with van der Waals surface area (Å²) in [6.07, 6.45) is 1.77. The number of amides is 1. The Balaban J connectivity index is 2.25. The number of aldehydes is 1. The van der Waals surface area contributed by atoms with Gasteiger partial charge in [0.05, 0.1) is 17.4 Å². The Kier molecular flexibility index (Phi) is 3.97. The smallest absolute Gasteiger partial charge is 0.410 e. The number of imidazole rings is 1. The predicted octanol–water partition coefficient (Wildman–Crippen LogP) is 2.67. The highest BCUT2D eigenvalue weighted by atomic mass is 16.6. The average molecular weight is 289 g/mol. The van der Waals surface area contributed by atoms with Gasteiger partial charge in [0.2, 0.25) is 0 Å². The summed E-state index contributed by atoms with van der Waals surface area (Å²) in [5, 5.41) is 0. The second-order valence-electron chi connectivity index (χ2n) is 5.85. The number of ether oxygens (including phenoxy) is 1. The van der Waals surface area contributed by atoms with Crippen LogP contribution in [-0.4, -0.2) is 39.9 Å². The number of fused-ring (bicyclic) bond motifs is 1. The molecule has 6 nitrogen and oxygen atoms in total. The van der Waals surface area contributed by atoms with E-state index < -0.39 is 17.7 Å². The lowest BCUT2D eigenvalue weighted by Crippen LogP contribution is -2.37. The number of carbonyl (C=O) groups is 2. The van der Waals surface area contributed by atoms with Crippen molar-refractivity contribution in [1.82, 2.24) is 14.9 Å². The van der Waals surface area contributed by atoms with Crippen molar-refractivity contribution in [2.75, 3.05) is 7.05 Å². The number of benzene rings is 1. The predicted molar refractivity (Wildman–Crippen MR) is 78.9 cm³/mol. The van der Waals surface area contributed by atoms with E-state index in [-0.39, 0.29) is 0 Å². The summed E-state index contributed by atoms with van der Waals surface area (Å²) in [5.41, 5.74) is 1.72. The van der Waals surface area contributed by atoms with Crippen LogP contribution in [0.15, 0.2) is 24.5 Å². The number of rotatable bonds is 3. The van der Waals surface area contributed by atoms with Gasteiger partial charge < -0.3 is 14.5 Å². The lowest BCUT2D eigenvalue weighted by atomic mass is 10.1. The summed E-state index contributed by atoms with van der Waals surface area (Å²) < 4.78 is 5.28. The Labute approximate surface area is 123 Å². The van der Waals surface area contributed by atoms with E-state index in [4.69, 9.17) is 4.74 Å². The van der Waals surface area contributed by atoms with Crippen molar-refractivity contribution in [3.63, 3.8) is 0 Å². The Morgan fingerprint density at radius 3 is 2.76 bits per heavy atom. The van der Waals surface area contributed by atoms with E-state index in [0.717, 1.165) is 17.3 Å². The largest absolute Gasteiger partial charge is 0.444 e. The van der Waals surface area contributed by atoms with Gasteiger partial charge in [-0.1, -0.05) is 6.07 Å². The van der Waals surface area contributed by atoms with Gasteiger partial charge in [0.1, 0.15) is 17.9 Å². The molecule has 1 N–H and O–H groups in total. The van der Waals surface area contributed by atoms with Crippen LogP contribution in [-0.2, 0) is 9.53 Å². The maximum atomic E-state index is 12.1. The van der Waals surface area contributed by atoms with Crippen LogP contribution in [0.4, 0.5) is 4.79 Å². The molecule has 0 saturated heterocycles. The van der Waals surface area contributed by atoms with Gasteiger partial charge in [0, 0.05) is 7.05 Å². The topological polar surface area (TPSA) is 75.3 Å². The first-order valence-electron chi connectivity index (χ1n) is 6.66. The molecule has 0 radical (unpaired) electrons. The molecule has 1 aromatic heterocycles. The molecule has 1 amide bonds. The first-order valence-corrected chi connectivity index (χ1v) is 6.66. The normalized spacial score (nSPS) is 13.0. The summed E-state index contributed by atoms with van der Waals surface area (Å²) in [6.45, 7) is 5.35. The molecule has 1 aromatic carbocycles. The van der Waals surface area contributed by atoms with Crippen LogP contribution in [0, 0.1) is 0 Å². The lowest BCUT2D eigenvalue weighted by Gasteiger charge is -2.28. The molecule has 0 spiro atoms. The monoisotopic (exact) mass is 289 g/mol. The molecule has 1 heterocycles. The fourth-order valence-electron chi connectivity index (χ4n) is 1.98. The quantitative estimate of drug-likeness (QED) is 0.881. The number of hydrogen-bond acceptors (Lipinski definition) is 4. The van der Waals surface area contributed by atoms with E-state index in [1.807, 2.05) is 6.07 Å². The van der Waals surface area contributed by atoms with E-state index in [0.29, 0.717) is 5.56 Å². The molecule has 0 aliphatic carbocycles. The van der Waals surface area contributed by atoms with Gasteiger partial charge in [0.25, 0.3) is 0 Å². The Morgan fingerprint density at radius 2 is 2.14 bits per heavy atom. The summed E-state index contributed by atoms with van der Waals surface area (Å²) in [5.74, 6) is 0. The third-order valence-corrected chi connectivity index (χ3v) is 3.01. The van der Waals surface area contributed by atoms with Crippen LogP contribution in [0.5, 0.6) is 0 Å². The minimum absolute atomic E-state index is 0.538. The number of carbonyl (C=O) groups excluding carboxylic acids is 2. The van der Waals surface area contributed by atoms with Crippen molar-refractivity contribution >= 4 is 23.4 Å². The fraction of sp³-hybridized carbons (Fsp3) is 0.400. The SMILES string of the molecule is CN(C(=O)OC(C)(C)C)C(C=O)c1ccc2nc[nH]c2c1. The van der Waals surface area contributed by atoms with E-state index in [2.05, 4.69) is 9.97 Å². The van der Waals surface area contributed by atoms with Crippen molar-refractivity contribution in [2.24, 2.45) is 0 Å². The van der Waals surface area contributed by atoms with Crippen LogP contribution in [0.25, 0.3) is 11.0 Å². The fourth-order valence-corrected chi connectivity index (χ4v) is 1.98. The van der Waals surface area contributed by atoms with Gasteiger partial charge in [-0.25, -0.2) is 9.78 Å². The summed E-state index contributed by atoms with van der Waals surface area (Å²) in [6, 6.07) is 4.69. The molecule has 0 aliphatic heterocycles.